The molecular formula is C13H18ClN3O2. The highest BCUT2D eigenvalue weighted by Crippen LogP contribution is 2.35. The van der Waals surface area contributed by atoms with Crippen LogP contribution in [-0.2, 0) is 0 Å². The highest BCUT2D eigenvalue weighted by Gasteiger charge is 2.32. The molecule has 0 radical (unpaired) electrons. The minimum absolute atomic E-state index is 0.0157. The van der Waals surface area contributed by atoms with E-state index >= 15 is 0 Å². The molecule has 0 aromatic heterocycles. The van der Waals surface area contributed by atoms with Crippen molar-refractivity contribution in [2.45, 2.75) is 18.9 Å². The molecule has 6 heteroatoms. The summed E-state index contributed by atoms with van der Waals surface area (Å²) in [6.45, 7) is 0.801. The third kappa shape index (κ3) is 3.58. The van der Waals surface area contributed by atoms with Gasteiger partial charge in [0.05, 0.1) is 15.6 Å². The molecule has 0 amide bonds. The van der Waals surface area contributed by atoms with Crippen molar-refractivity contribution in [2.75, 3.05) is 26.0 Å². The van der Waals surface area contributed by atoms with Crippen molar-refractivity contribution in [3.8, 4) is 0 Å². The van der Waals surface area contributed by atoms with Crippen LogP contribution >= 0.6 is 11.6 Å². The molecule has 1 unspecified atom stereocenters. The number of rotatable bonds is 6. The van der Waals surface area contributed by atoms with Gasteiger partial charge >= 0.3 is 0 Å². The fourth-order valence-electron chi connectivity index (χ4n) is 2.23. The van der Waals surface area contributed by atoms with Crippen LogP contribution in [0.5, 0.6) is 0 Å². The van der Waals surface area contributed by atoms with E-state index in [0.717, 1.165) is 18.2 Å². The van der Waals surface area contributed by atoms with Gasteiger partial charge < -0.3 is 10.2 Å². The smallest absolute Gasteiger partial charge is 0.271 e. The Labute approximate surface area is 117 Å². The first kappa shape index (κ1) is 14.1. The van der Waals surface area contributed by atoms with Gasteiger partial charge in [0.25, 0.3) is 5.69 Å². The van der Waals surface area contributed by atoms with Crippen LogP contribution in [0.2, 0.25) is 5.02 Å². The number of nitrogens with zero attached hydrogens (tertiary/aromatic N) is 2. The minimum Gasteiger partial charge on any atom is -0.382 e. The maximum atomic E-state index is 10.6. The third-order valence-electron chi connectivity index (χ3n) is 3.49. The molecule has 1 aliphatic carbocycles. The Morgan fingerprint density at radius 3 is 2.68 bits per heavy atom. The number of non-ortho nitro benzene ring substituents is 1. The van der Waals surface area contributed by atoms with Crippen LogP contribution in [0.25, 0.3) is 0 Å². The van der Waals surface area contributed by atoms with Gasteiger partial charge in [-0.05, 0) is 38.9 Å². The van der Waals surface area contributed by atoms with Gasteiger partial charge in [-0.1, -0.05) is 11.6 Å². The van der Waals surface area contributed by atoms with Crippen molar-refractivity contribution in [1.29, 1.82) is 0 Å². The summed E-state index contributed by atoms with van der Waals surface area (Å²) >= 11 is 6.05. The fourth-order valence-corrected chi connectivity index (χ4v) is 2.47. The molecule has 1 fully saturated rings. The Morgan fingerprint density at radius 2 is 2.21 bits per heavy atom. The van der Waals surface area contributed by atoms with Crippen molar-refractivity contribution < 1.29 is 4.92 Å². The van der Waals surface area contributed by atoms with Crippen molar-refractivity contribution in [3.05, 3.63) is 33.3 Å². The summed E-state index contributed by atoms with van der Waals surface area (Å²) in [5.41, 5.74) is 0.765. The molecule has 0 spiro atoms. The molecule has 1 aromatic carbocycles. The number of halogens is 1. The molecule has 1 aromatic rings. The first-order valence-electron chi connectivity index (χ1n) is 6.33. The fraction of sp³-hybridized carbons (Fsp3) is 0.538. The lowest BCUT2D eigenvalue weighted by Crippen LogP contribution is -2.36. The number of likely N-dealkylation sites (N-methyl/N-ethyl adjacent to an activating group) is 1. The summed E-state index contributed by atoms with van der Waals surface area (Å²) in [7, 11) is 4.14. The van der Waals surface area contributed by atoms with E-state index in [1.165, 1.54) is 25.0 Å². The molecule has 0 aliphatic heterocycles. The van der Waals surface area contributed by atoms with Gasteiger partial charge in [-0.2, -0.15) is 0 Å². The van der Waals surface area contributed by atoms with E-state index in [4.69, 9.17) is 11.6 Å². The zero-order valence-corrected chi connectivity index (χ0v) is 11.9. The number of anilines is 1. The van der Waals surface area contributed by atoms with E-state index in [-0.39, 0.29) is 5.69 Å². The van der Waals surface area contributed by atoms with Crippen LogP contribution in [0.15, 0.2) is 18.2 Å². The average Bonchev–Trinajstić information content (AvgIpc) is 3.15. The Balaban J connectivity index is 2.00. The van der Waals surface area contributed by atoms with Gasteiger partial charge in [-0.3, -0.25) is 10.1 Å². The van der Waals surface area contributed by atoms with Crippen molar-refractivity contribution in [1.82, 2.24) is 4.90 Å². The second-order valence-electron chi connectivity index (χ2n) is 5.17. The van der Waals surface area contributed by atoms with Gasteiger partial charge in [0.1, 0.15) is 0 Å². The van der Waals surface area contributed by atoms with Gasteiger partial charge in [0.15, 0.2) is 0 Å². The number of nitrogens with one attached hydrogen (secondary N) is 1. The Morgan fingerprint density at radius 1 is 1.53 bits per heavy atom. The average molecular weight is 284 g/mol. The second-order valence-corrected chi connectivity index (χ2v) is 5.58. The van der Waals surface area contributed by atoms with Crippen LogP contribution in [-0.4, -0.2) is 36.5 Å². The predicted molar refractivity (Wildman–Crippen MR) is 76.8 cm³/mol. The van der Waals surface area contributed by atoms with E-state index in [1.807, 2.05) is 0 Å². The Kier molecular flexibility index (Phi) is 4.27. The molecular weight excluding hydrogens is 266 g/mol. The summed E-state index contributed by atoms with van der Waals surface area (Å²) < 4.78 is 0. The van der Waals surface area contributed by atoms with Crippen LogP contribution in [0, 0.1) is 16.0 Å². The molecule has 0 heterocycles. The SMILES string of the molecule is CN(C)C(CNc1ccc([N+](=O)[O-])cc1Cl)C1CC1. The van der Waals surface area contributed by atoms with E-state index < -0.39 is 4.92 Å². The largest absolute Gasteiger partial charge is 0.382 e. The van der Waals surface area contributed by atoms with Crippen molar-refractivity contribution in [3.63, 3.8) is 0 Å². The van der Waals surface area contributed by atoms with Crippen molar-refractivity contribution in [2.24, 2.45) is 5.92 Å². The predicted octanol–water partition coefficient (Wildman–Crippen LogP) is 3.00. The molecule has 19 heavy (non-hydrogen) atoms. The summed E-state index contributed by atoms with van der Waals surface area (Å²) in [5.74, 6) is 0.749. The van der Waals surface area contributed by atoms with Gasteiger partial charge in [0.2, 0.25) is 0 Å². The van der Waals surface area contributed by atoms with Crippen LogP contribution in [0.3, 0.4) is 0 Å². The lowest BCUT2D eigenvalue weighted by atomic mass is 10.1. The minimum atomic E-state index is -0.442. The summed E-state index contributed by atoms with van der Waals surface area (Å²) in [6, 6.07) is 4.99. The topological polar surface area (TPSA) is 58.4 Å². The lowest BCUT2D eigenvalue weighted by Gasteiger charge is -2.25. The zero-order chi connectivity index (χ0) is 14.0. The van der Waals surface area contributed by atoms with Gasteiger partial charge in [-0.25, -0.2) is 0 Å². The highest BCUT2D eigenvalue weighted by molar-refractivity contribution is 6.33. The van der Waals surface area contributed by atoms with Crippen molar-refractivity contribution >= 4 is 23.0 Å². The maximum absolute atomic E-state index is 10.6. The number of hydrogen-bond donors (Lipinski definition) is 1. The van der Waals surface area contributed by atoms with Crippen LogP contribution in [0.1, 0.15) is 12.8 Å². The number of nitro groups is 1. The molecule has 0 bridgehead atoms. The normalized spacial score (nSPS) is 16.4. The van der Waals surface area contributed by atoms with E-state index in [1.54, 1.807) is 6.07 Å². The molecule has 104 valence electrons. The highest BCUT2D eigenvalue weighted by atomic mass is 35.5. The van der Waals surface area contributed by atoms with Crippen LogP contribution in [0.4, 0.5) is 11.4 Å². The monoisotopic (exact) mass is 283 g/mol. The molecule has 5 nitrogen and oxygen atoms in total. The van der Waals surface area contributed by atoms with E-state index in [0.29, 0.717) is 11.1 Å². The first-order chi connectivity index (χ1) is 8.99. The zero-order valence-electron chi connectivity index (χ0n) is 11.1. The molecule has 1 atom stereocenters. The third-order valence-corrected chi connectivity index (χ3v) is 3.81. The van der Waals surface area contributed by atoms with Gasteiger partial charge in [-0.15, -0.1) is 0 Å². The summed E-state index contributed by atoms with van der Waals surface area (Å²) in [4.78, 5) is 12.4. The first-order valence-corrected chi connectivity index (χ1v) is 6.71. The lowest BCUT2D eigenvalue weighted by molar-refractivity contribution is -0.384. The molecule has 2 rings (SSSR count). The summed E-state index contributed by atoms with van der Waals surface area (Å²) in [5, 5.41) is 14.3. The quantitative estimate of drug-likeness (QED) is 0.644. The summed E-state index contributed by atoms with van der Waals surface area (Å²) in [6.07, 6.45) is 2.55. The number of hydrogen-bond acceptors (Lipinski definition) is 4. The Hall–Kier alpha value is -1.33. The maximum Gasteiger partial charge on any atom is 0.271 e. The van der Waals surface area contributed by atoms with E-state index in [9.17, 15) is 10.1 Å². The van der Waals surface area contributed by atoms with E-state index in [2.05, 4.69) is 24.3 Å². The molecule has 1 N–H and O–H groups in total. The second kappa shape index (κ2) is 5.75. The molecule has 1 saturated carbocycles. The van der Waals surface area contributed by atoms with Gasteiger partial charge in [0, 0.05) is 24.7 Å². The number of benzene rings is 1. The molecule has 0 saturated heterocycles. The Bertz CT molecular complexity index is 473. The number of nitro benzene ring substituents is 1. The molecule has 1 aliphatic rings. The standard InChI is InChI=1S/C13H18ClN3O2/c1-16(2)13(9-3-4-9)8-15-12-6-5-10(17(18)19)7-11(12)14/h5-7,9,13,15H,3-4,8H2,1-2H3. The van der Waals surface area contributed by atoms with Crippen LogP contribution < -0.4 is 5.32 Å².